The third-order valence-corrected chi connectivity index (χ3v) is 3.59. The van der Waals surface area contributed by atoms with Crippen LogP contribution in [-0.4, -0.2) is 39.9 Å². The van der Waals surface area contributed by atoms with E-state index in [2.05, 4.69) is 29.1 Å². The highest BCUT2D eigenvalue weighted by Gasteiger charge is 2.23. The summed E-state index contributed by atoms with van der Waals surface area (Å²) in [7, 11) is 0. The number of nitrogens with one attached hydrogen (secondary N) is 1. The van der Waals surface area contributed by atoms with Crippen LogP contribution in [0.4, 0.5) is 5.82 Å². The molecule has 1 aromatic heterocycles. The lowest BCUT2D eigenvalue weighted by Gasteiger charge is -2.33. The molecule has 2 rings (SSSR count). The van der Waals surface area contributed by atoms with Crippen LogP contribution < -0.4 is 5.32 Å². The number of piperidine rings is 1. The van der Waals surface area contributed by atoms with Crippen LogP contribution in [0.15, 0.2) is 12.4 Å². The van der Waals surface area contributed by atoms with Crippen LogP contribution in [0.25, 0.3) is 0 Å². The molecule has 1 aliphatic heterocycles. The first kappa shape index (κ1) is 14.8. The minimum absolute atomic E-state index is 0.288. The molecule has 0 saturated carbocycles. The van der Waals surface area contributed by atoms with Gasteiger partial charge in [0.1, 0.15) is 12.1 Å². The molecule has 0 spiro atoms. The topological polar surface area (TPSA) is 58.1 Å². The molecule has 0 aliphatic carbocycles. The quantitative estimate of drug-likeness (QED) is 0.916. The number of likely N-dealkylation sites (tertiary alicyclic amines) is 1. The molecule has 1 saturated heterocycles. The summed E-state index contributed by atoms with van der Waals surface area (Å²) in [4.78, 5) is 22.3. The van der Waals surface area contributed by atoms with Gasteiger partial charge in [0.15, 0.2) is 0 Å². The molecule has 20 heavy (non-hydrogen) atoms. The van der Waals surface area contributed by atoms with Gasteiger partial charge in [-0.1, -0.05) is 13.8 Å². The summed E-state index contributed by atoms with van der Waals surface area (Å²) >= 11 is 0. The van der Waals surface area contributed by atoms with Gasteiger partial charge < -0.3 is 10.2 Å². The van der Waals surface area contributed by atoms with Gasteiger partial charge in [-0.25, -0.2) is 9.97 Å². The van der Waals surface area contributed by atoms with Gasteiger partial charge >= 0.3 is 0 Å². The number of rotatable bonds is 4. The van der Waals surface area contributed by atoms with Gasteiger partial charge in [0.25, 0.3) is 0 Å². The molecule has 1 aliphatic rings. The normalized spacial score (nSPS) is 16.5. The smallest absolute Gasteiger partial charge is 0.222 e. The Hall–Kier alpha value is -1.65. The monoisotopic (exact) mass is 276 g/mol. The fraction of sp³-hybridized carbons (Fsp3) is 0.667. The van der Waals surface area contributed by atoms with Gasteiger partial charge in [-0.05, 0) is 25.7 Å². The van der Waals surface area contributed by atoms with E-state index in [1.807, 2.05) is 17.9 Å². The summed E-state index contributed by atoms with van der Waals surface area (Å²) in [6, 6.07) is 2.35. The van der Waals surface area contributed by atoms with E-state index in [0.29, 0.717) is 18.4 Å². The fourth-order valence-corrected chi connectivity index (χ4v) is 2.49. The van der Waals surface area contributed by atoms with Crippen LogP contribution in [0.2, 0.25) is 0 Å². The predicted octanol–water partition coefficient (Wildman–Crippen LogP) is 2.23. The first-order valence-electron chi connectivity index (χ1n) is 7.37. The molecule has 0 aromatic carbocycles. The van der Waals surface area contributed by atoms with Crippen LogP contribution >= 0.6 is 0 Å². The Morgan fingerprint density at radius 3 is 2.70 bits per heavy atom. The summed E-state index contributed by atoms with van der Waals surface area (Å²) in [5, 5.41) is 3.43. The molecular weight excluding hydrogens is 252 g/mol. The van der Waals surface area contributed by atoms with Crippen LogP contribution in [0.1, 0.15) is 38.8 Å². The average molecular weight is 276 g/mol. The Balaban J connectivity index is 1.81. The van der Waals surface area contributed by atoms with Gasteiger partial charge in [0.2, 0.25) is 5.91 Å². The third-order valence-electron chi connectivity index (χ3n) is 3.59. The Morgan fingerprint density at radius 2 is 2.10 bits per heavy atom. The zero-order valence-corrected chi connectivity index (χ0v) is 12.6. The van der Waals surface area contributed by atoms with Gasteiger partial charge in [-0.15, -0.1) is 0 Å². The highest BCUT2D eigenvalue weighted by molar-refractivity contribution is 5.76. The van der Waals surface area contributed by atoms with E-state index in [4.69, 9.17) is 0 Å². The van der Waals surface area contributed by atoms with Crippen LogP contribution in [0.5, 0.6) is 0 Å². The molecular formula is C15H24N4O. The number of carbonyl (C=O) groups excluding carboxylic acids is 1. The van der Waals surface area contributed by atoms with Crippen molar-refractivity contribution in [1.82, 2.24) is 14.9 Å². The second-order valence-electron chi connectivity index (χ2n) is 5.94. The Bertz CT molecular complexity index is 453. The molecule has 1 fully saturated rings. The van der Waals surface area contributed by atoms with Crippen molar-refractivity contribution in [3.63, 3.8) is 0 Å². The lowest BCUT2D eigenvalue weighted by Crippen LogP contribution is -2.42. The maximum absolute atomic E-state index is 12.0. The summed E-state index contributed by atoms with van der Waals surface area (Å²) in [6.07, 6.45) is 4.20. The summed E-state index contributed by atoms with van der Waals surface area (Å²) in [6.45, 7) is 7.81. The first-order chi connectivity index (χ1) is 9.54. The minimum Gasteiger partial charge on any atom is -0.367 e. The second-order valence-corrected chi connectivity index (χ2v) is 5.94. The van der Waals surface area contributed by atoms with Crippen molar-refractivity contribution in [1.29, 1.82) is 0 Å². The summed E-state index contributed by atoms with van der Waals surface area (Å²) in [5.74, 6) is 1.60. The van der Waals surface area contributed by atoms with Crippen LogP contribution in [-0.2, 0) is 4.79 Å². The summed E-state index contributed by atoms with van der Waals surface area (Å²) in [5.41, 5.74) is 0.965. The average Bonchev–Trinajstić information content (AvgIpc) is 2.38. The van der Waals surface area contributed by atoms with Crippen LogP contribution in [0.3, 0.4) is 0 Å². The maximum Gasteiger partial charge on any atom is 0.222 e. The molecule has 1 amide bonds. The highest BCUT2D eigenvalue weighted by atomic mass is 16.2. The van der Waals surface area contributed by atoms with Crippen LogP contribution in [0, 0.1) is 12.8 Å². The third kappa shape index (κ3) is 4.18. The number of aryl methyl sites for hydroxylation is 1. The molecule has 5 heteroatoms. The fourth-order valence-electron chi connectivity index (χ4n) is 2.49. The molecule has 0 radical (unpaired) electrons. The SMILES string of the molecule is Cc1cc(NC2CCN(C(=O)CC(C)C)CC2)ncn1. The van der Waals surface area contributed by atoms with E-state index in [1.165, 1.54) is 0 Å². The van der Waals surface area contributed by atoms with E-state index >= 15 is 0 Å². The Labute approximate surface area is 120 Å². The highest BCUT2D eigenvalue weighted by Crippen LogP contribution is 2.17. The van der Waals surface area contributed by atoms with E-state index in [1.54, 1.807) is 6.33 Å². The van der Waals surface area contributed by atoms with E-state index < -0.39 is 0 Å². The number of nitrogens with zero attached hydrogens (tertiary/aromatic N) is 3. The van der Waals surface area contributed by atoms with Crippen molar-refractivity contribution < 1.29 is 4.79 Å². The van der Waals surface area contributed by atoms with Crippen molar-refractivity contribution in [3.05, 3.63) is 18.1 Å². The number of anilines is 1. The Kier molecular flexibility index (Phi) is 4.93. The predicted molar refractivity (Wildman–Crippen MR) is 79.4 cm³/mol. The number of hydrogen-bond donors (Lipinski definition) is 1. The van der Waals surface area contributed by atoms with Crippen molar-refractivity contribution in [2.24, 2.45) is 5.92 Å². The molecule has 1 aromatic rings. The lowest BCUT2D eigenvalue weighted by molar-refractivity contribution is -0.132. The zero-order chi connectivity index (χ0) is 14.5. The number of hydrogen-bond acceptors (Lipinski definition) is 4. The Morgan fingerprint density at radius 1 is 1.40 bits per heavy atom. The van der Waals surface area contributed by atoms with Crippen molar-refractivity contribution in [3.8, 4) is 0 Å². The van der Waals surface area contributed by atoms with Crippen molar-refractivity contribution in [2.45, 2.75) is 46.1 Å². The lowest BCUT2D eigenvalue weighted by atomic mass is 10.0. The number of aromatic nitrogens is 2. The molecule has 1 N–H and O–H groups in total. The van der Waals surface area contributed by atoms with E-state index in [9.17, 15) is 4.79 Å². The number of carbonyl (C=O) groups is 1. The maximum atomic E-state index is 12.0. The summed E-state index contributed by atoms with van der Waals surface area (Å²) < 4.78 is 0. The molecule has 0 bridgehead atoms. The van der Waals surface area contributed by atoms with Crippen molar-refractivity contribution in [2.75, 3.05) is 18.4 Å². The number of amides is 1. The van der Waals surface area contributed by atoms with Gasteiger partial charge in [0.05, 0.1) is 0 Å². The molecule has 0 unspecified atom stereocenters. The van der Waals surface area contributed by atoms with E-state index in [-0.39, 0.29) is 5.91 Å². The zero-order valence-electron chi connectivity index (χ0n) is 12.6. The second kappa shape index (κ2) is 6.68. The van der Waals surface area contributed by atoms with Crippen molar-refractivity contribution >= 4 is 11.7 Å². The van der Waals surface area contributed by atoms with Gasteiger partial charge in [0, 0.05) is 37.3 Å². The van der Waals surface area contributed by atoms with E-state index in [0.717, 1.165) is 37.4 Å². The van der Waals surface area contributed by atoms with Gasteiger partial charge in [-0.3, -0.25) is 4.79 Å². The largest absolute Gasteiger partial charge is 0.367 e. The molecule has 5 nitrogen and oxygen atoms in total. The molecule has 0 atom stereocenters. The molecule has 2 heterocycles. The first-order valence-corrected chi connectivity index (χ1v) is 7.37. The molecule has 110 valence electrons. The van der Waals surface area contributed by atoms with Gasteiger partial charge in [-0.2, -0.15) is 0 Å². The standard InChI is InChI=1S/C15H24N4O/c1-11(2)8-15(20)19-6-4-13(5-7-19)18-14-9-12(3)16-10-17-14/h9-11,13H,4-8H2,1-3H3,(H,16,17,18). The minimum atomic E-state index is 0.288.